The van der Waals surface area contributed by atoms with Crippen molar-refractivity contribution in [3.05, 3.63) is 107 Å². The van der Waals surface area contributed by atoms with Crippen molar-refractivity contribution in [2.24, 2.45) is 5.10 Å². The third-order valence-electron chi connectivity index (χ3n) is 5.96. The number of rotatable bonds is 4. The van der Waals surface area contributed by atoms with Crippen LogP contribution in [0.1, 0.15) is 27.3 Å². The van der Waals surface area contributed by atoms with Gasteiger partial charge in [0.05, 0.1) is 17.5 Å². The molecule has 4 aromatic carbocycles. The monoisotopic (exact) mass is 433 g/mol. The van der Waals surface area contributed by atoms with Crippen molar-refractivity contribution in [1.82, 2.24) is 9.99 Å². The number of carbonyl (C=O) groups is 1. The van der Waals surface area contributed by atoms with Gasteiger partial charge in [-0.1, -0.05) is 60.7 Å². The predicted molar refractivity (Wildman–Crippen MR) is 133 cm³/mol. The lowest BCUT2D eigenvalue weighted by Gasteiger charge is -2.13. The first kappa shape index (κ1) is 20.5. The molecule has 0 fully saturated rings. The van der Waals surface area contributed by atoms with Crippen LogP contribution in [0.15, 0.2) is 90.0 Å². The Kier molecular flexibility index (Phi) is 5.15. The Morgan fingerprint density at radius 2 is 1.55 bits per heavy atom. The van der Waals surface area contributed by atoms with Crippen molar-refractivity contribution in [2.75, 3.05) is 0 Å². The lowest BCUT2D eigenvalue weighted by molar-refractivity contribution is 0.0952. The molecule has 1 aromatic heterocycles. The Morgan fingerprint density at radius 3 is 2.33 bits per heavy atom. The zero-order valence-corrected chi connectivity index (χ0v) is 18.4. The number of hydrogen-bond donors (Lipinski definition) is 2. The molecule has 0 atom stereocenters. The lowest BCUT2D eigenvalue weighted by atomic mass is 10.1. The molecular formula is C28H23N3O2. The van der Waals surface area contributed by atoms with E-state index in [4.69, 9.17) is 0 Å². The van der Waals surface area contributed by atoms with Crippen LogP contribution in [0.25, 0.3) is 27.2 Å². The van der Waals surface area contributed by atoms with Gasteiger partial charge in [-0.15, -0.1) is 0 Å². The van der Waals surface area contributed by atoms with Gasteiger partial charge in [-0.05, 0) is 54.3 Å². The van der Waals surface area contributed by atoms with E-state index in [2.05, 4.69) is 52.3 Å². The van der Waals surface area contributed by atoms with E-state index in [1.165, 1.54) is 10.8 Å². The SMILES string of the molecule is Cc1cc(C=NNC(=O)c2cc3ccccc3cc2O)c(C)n1-c1cccc2ccccc12. The number of benzene rings is 4. The number of fused-ring (bicyclic) bond motifs is 2. The molecule has 0 saturated carbocycles. The second kappa shape index (κ2) is 8.28. The predicted octanol–water partition coefficient (Wildman–Crippen LogP) is 5.87. The summed E-state index contributed by atoms with van der Waals surface area (Å²) in [5, 5.41) is 18.5. The molecule has 5 heteroatoms. The van der Waals surface area contributed by atoms with Crippen LogP contribution in [-0.4, -0.2) is 21.8 Å². The Labute approximate surface area is 191 Å². The van der Waals surface area contributed by atoms with Gasteiger partial charge in [0, 0.05) is 22.3 Å². The fourth-order valence-corrected chi connectivity index (χ4v) is 4.32. The number of phenolic OH excluding ortho intramolecular Hbond substituents is 1. The van der Waals surface area contributed by atoms with Gasteiger partial charge in [-0.2, -0.15) is 5.10 Å². The van der Waals surface area contributed by atoms with E-state index in [0.29, 0.717) is 0 Å². The van der Waals surface area contributed by atoms with Crippen LogP contribution in [-0.2, 0) is 0 Å². The van der Waals surface area contributed by atoms with Crippen molar-refractivity contribution in [3.8, 4) is 11.4 Å². The normalized spacial score (nSPS) is 11.5. The Morgan fingerprint density at radius 1 is 0.879 bits per heavy atom. The highest BCUT2D eigenvalue weighted by atomic mass is 16.3. The minimum absolute atomic E-state index is 0.0736. The maximum atomic E-state index is 12.6. The Balaban J connectivity index is 1.42. The Hall–Kier alpha value is -4.38. The molecule has 33 heavy (non-hydrogen) atoms. The first-order valence-electron chi connectivity index (χ1n) is 10.7. The van der Waals surface area contributed by atoms with Crippen LogP contribution in [0.3, 0.4) is 0 Å². The average molecular weight is 434 g/mol. The minimum Gasteiger partial charge on any atom is -0.507 e. The largest absolute Gasteiger partial charge is 0.507 e. The van der Waals surface area contributed by atoms with Gasteiger partial charge in [0.2, 0.25) is 0 Å². The summed E-state index contributed by atoms with van der Waals surface area (Å²) in [6.07, 6.45) is 1.64. The van der Waals surface area contributed by atoms with Crippen molar-refractivity contribution in [3.63, 3.8) is 0 Å². The fraction of sp³-hybridized carbons (Fsp3) is 0.0714. The molecule has 162 valence electrons. The van der Waals surface area contributed by atoms with E-state index in [1.807, 2.05) is 49.4 Å². The van der Waals surface area contributed by atoms with E-state index < -0.39 is 5.91 Å². The second-order valence-electron chi connectivity index (χ2n) is 8.08. The zero-order chi connectivity index (χ0) is 22.9. The van der Waals surface area contributed by atoms with Crippen molar-refractivity contribution in [2.45, 2.75) is 13.8 Å². The van der Waals surface area contributed by atoms with E-state index in [-0.39, 0.29) is 11.3 Å². The highest BCUT2D eigenvalue weighted by Gasteiger charge is 2.14. The molecule has 0 bridgehead atoms. The molecule has 2 N–H and O–H groups in total. The number of aryl methyl sites for hydroxylation is 1. The number of phenols is 1. The van der Waals surface area contributed by atoms with Crippen molar-refractivity contribution < 1.29 is 9.90 Å². The standard InChI is InChI=1S/C28H23N3O2/c1-18-14-23(19(2)31(18)26-13-7-11-20-8-5-6-12-24(20)26)17-29-30-28(33)25-15-21-9-3-4-10-22(21)16-27(25)32/h3-17,32H,1-2H3,(H,30,33). The second-order valence-corrected chi connectivity index (χ2v) is 8.08. The highest BCUT2D eigenvalue weighted by Crippen LogP contribution is 2.27. The first-order valence-corrected chi connectivity index (χ1v) is 10.7. The Bertz CT molecular complexity index is 1540. The third kappa shape index (κ3) is 3.74. The topological polar surface area (TPSA) is 66.6 Å². The number of aromatic hydroxyl groups is 1. The molecule has 0 aliphatic heterocycles. The summed E-state index contributed by atoms with van der Waals surface area (Å²) in [6.45, 7) is 4.09. The summed E-state index contributed by atoms with van der Waals surface area (Å²) in [5.41, 5.74) is 6.83. The molecule has 0 aliphatic rings. The molecule has 0 saturated heterocycles. The van der Waals surface area contributed by atoms with Gasteiger partial charge in [0.15, 0.2) is 0 Å². The van der Waals surface area contributed by atoms with Gasteiger partial charge in [-0.3, -0.25) is 4.79 Å². The molecule has 0 unspecified atom stereocenters. The highest BCUT2D eigenvalue weighted by molar-refractivity contribution is 6.01. The molecule has 1 heterocycles. The summed E-state index contributed by atoms with van der Waals surface area (Å²) in [5.74, 6) is -0.534. The van der Waals surface area contributed by atoms with Gasteiger partial charge >= 0.3 is 0 Å². The third-order valence-corrected chi connectivity index (χ3v) is 5.96. The number of hydrogen-bond acceptors (Lipinski definition) is 3. The van der Waals surface area contributed by atoms with Crippen LogP contribution in [0, 0.1) is 13.8 Å². The molecular weight excluding hydrogens is 410 g/mol. The molecule has 0 radical (unpaired) electrons. The van der Waals surface area contributed by atoms with Gasteiger partial charge in [0.25, 0.3) is 5.91 Å². The smallest absolute Gasteiger partial charge is 0.275 e. The number of nitrogens with one attached hydrogen (secondary N) is 1. The summed E-state index contributed by atoms with van der Waals surface area (Å²) in [6, 6.07) is 27.4. The zero-order valence-electron chi connectivity index (χ0n) is 18.4. The van der Waals surface area contributed by atoms with Gasteiger partial charge in [-0.25, -0.2) is 5.43 Å². The van der Waals surface area contributed by atoms with Crippen LogP contribution in [0.2, 0.25) is 0 Å². The van der Waals surface area contributed by atoms with Crippen LogP contribution in [0.4, 0.5) is 0 Å². The lowest BCUT2D eigenvalue weighted by Crippen LogP contribution is -2.17. The van der Waals surface area contributed by atoms with E-state index in [9.17, 15) is 9.90 Å². The van der Waals surface area contributed by atoms with Gasteiger partial charge in [0.1, 0.15) is 5.75 Å². The summed E-state index contributed by atoms with van der Waals surface area (Å²) in [7, 11) is 0. The maximum absolute atomic E-state index is 12.6. The number of amides is 1. The minimum atomic E-state index is -0.461. The molecule has 0 spiro atoms. The molecule has 1 amide bonds. The summed E-state index contributed by atoms with van der Waals surface area (Å²) < 4.78 is 2.20. The quantitative estimate of drug-likeness (QED) is 0.275. The van der Waals surface area contributed by atoms with Gasteiger partial charge < -0.3 is 9.67 Å². The number of hydrazone groups is 1. The van der Waals surface area contributed by atoms with Crippen molar-refractivity contribution in [1.29, 1.82) is 0 Å². The maximum Gasteiger partial charge on any atom is 0.275 e. The number of aromatic nitrogens is 1. The van der Waals surface area contributed by atoms with Crippen LogP contribution in [0.5, 0.6) is 5.75 Å². The molecule has 5 nitrogen and oxygen atoms in total. The van der Waals surface area contributed by atoms with Crippen LogP contribution >= 0.6 is 0 Å². The first-order chi connectivity index (χ1) is 16.0. The molecule has 0 aliphatic carbocycles. The van der Waals surface area contributed by atoms with E-state index in [0.717, 1.165) is 33.4 Å². The summed E-state index contributed by atoms with van der Waals surface area (Å²) >= 11 is 0. The van der Waals surface area contributed by atoms with Crippen molar-refractivity contribution >= 4 is 33.7 Å². The molecule has 5 rings (SSSR count). The molecule has 5 aromatic rings. The number of nitrogens with zero attached hydrogens (tertiary/aromatic N) is 2. The van der Waals surface area contributed by atoms with E-state index in [1.54, 1.807) is 18.3 Å². The summed E-state index contributed by atoms with van der Waals surface area (Å²) in [4.78, 5) is 12.6. The average Bonchev–Trinajstić information content (AvgIpc) is 3.10. The van der Waals surface area contributed by atoms with E-state index >= 15 is 0 Å². The fourth-order valence-electron chi connectivity index (χ4n) is 4.32. The number of carbonyl (C=O) groups excluding carboxylic acids is 1. The van der Waals surface area contributed by atoms with Crippen LogP contribution < -0.4 is 5.43 Å².